The molecule has 0 aromatic carbocycles. The number of aromatic nitrogens is 1. The second-order valence-electron chi connectivity index (χ2n) is 7.24. The minimum Gasteiger partial charge on any atom is -0.444 e. The maximum atomic E-state index is 12.2. The van der Waals surface area contributed by atoms with E-state index in [9.17, 15) is 14.7 Å². The summed E-state index contributed by atoms with van der Waals surface area (Å²) in [5.74, 6) is 0. The second kappa shape index (κ2) is 6.74. The van der Waals surface area contributed by atoms with Gasteiger partial charge in [-0.15, -0.1) is 0 Å². The molecule has 3 unspecified atom stereocenters. The van der Waals surface area contributed by atoms with Gasteiger partial charge in [0.1, 0.15) is 5.60 Å². The quantitative estimate of drug-likeness (QED) is 0.874. The Morgan fingerprint density at radius 1 is 1.39 bits per heavy atom. The van der Waals surface area contributed by atoms with Crippen LogP contribution >= 0.6 is 0 Å². The fourth-order valence-corrected chi connectivity index (χ4v) is 2.92. The first-order valence-corrected chi connectivity index (χ1v) is 8.02. The van der Waals surface area contributed by atoms with Crippen LogP contribution in [0.3, 0.4) is 0 Å². The fraction of sp³-hybridized carbons (Fsp3) is 0.647. The summed E-state index contributed by atoms with van der Waals surface area (Å²) >= 11 is 0. The van der Waals surface area contributed by atoms with Crippen LogP contribution in [0.25, 0.3) is 0 Å². The molecule has 6 nitrogen and oxygen atoms in total. The first-order valence-electron chi connectivity index (χ1n) is 8.02. The van der Waals surface area contributed by atoms with Crippen molar-refractivity contribution in [3.63, 3.8) is 0 Å². The molecule has 1 aromatic heterocycles. The number of rotatable bonds is 2. The minimum absolute atomic E-state index is 0.125. The van der Waals surface area contributed by atoms with Gasteiger partial charge in [0.25, 0.3) is 5.56 Å². The SMILES string of the molecule is Cc1ccn(C2CC(O)CCC2NC(=O)OC(C)(C)C)c(=O)c1. The molecule has 1 amide bonds. The van der Waals surface area contributed by atoms with Gasteiger partial charge in [-0.05, 0) is 58.6 Å². The Kier molecular flexibility index (Phi) is 5.14. The van der Waals surface area contributed by atoms with Gasteiger partial charge in [-0.1, -0.05) is 0 Å². The Morgan fingerprint density at radius 3 is 2.70 bits per heavy atom. The van der Waals surface area contributed by atoms with Crippen molar-refractivity contribution in [2.24, 2.45) is 0 Å². The van der Waals surface area contributed by atoms with Crippen LogP contribution in [0.15, 0.2) is 23.1 Å². The molecule has 6 heteroatoms. The van der Waals surface area contributed by atoms with Crippen LogP contribution in [0.5, 0.6) is 0 Å². The Morgan fingerprint density at radius 2 is 2.09 bits per heavy atom. The lowest BCUT2D eigenvalue weighted by atomic mass is 9.88. The highest BCUT2D eigenvalue weighted by Gasteiger charge is 2.33. The summed E-state index contributed by atoms with van der Waals surface area (Å²) in [6.45, 7) is 7.27. The van der Waals surface area contributed by atoms with Crippen molar-refractivity contribution >= 4 is 6.09 Å². The molecule has 23 heavy (non-hydrogen) atoms. The molecule has 2 N–H and O–H groups in total. The third-order valence-corrected chi connectivity index (χ3v) is 3.95. The van der Waals surface area contributed by atoms with Crippen molar-refractivity contribution in [2.45, 2.75) is 70.7 Å². The summed E-state index contributed by atoms with van der Waals surface area (Å²) in [5.41, 5.74) is 0.188. The molecule has 1 aromatic rings. The molecule has 1 aliphatic carbocycles. The summed E-state index contributed by atoms with van der Waals surface area (Å²) in [6, 6.07) is 2.89. The molecule has 3 atom stereocenters. The zero-order valence-corrected chi connectivity index (χ0v) is 14.2. The van der Waals surface area contributed by atoms with Gasteiger partial charge < -0.3 is 19.7 Å². The number of ether oxygens (including phenoxy) is 1. The normalized spacial score (nSPS) is 25.0. The van der Waals surface area contributed by atoms with E-state index >= 15 is 0 Å². The lowest BCUT2D eigenvalue weighted by Crippen LogP contribution is -2.48. The van der Waals surface area contributed by atoms with Gasteiger partial charge in [0.2, 0.25) is 0 Å². The highest BCUT2D eigenvalue weighted by atomic mass is 16.6. The third kappa shape index (κ3) is 4.82. The van der Waals surface area contributed by atoms with E-state index in [4.69, 9.17) is 4.74 Å². The van der Waals surface area contributed by atoms with Crippen LogP contribution in [0, 0.1) is 6.92 Å². The number of nitrogens with zero attached hydrogens (tertiary/aromatic N) is 1. The Hall–Kier alpha value is -1.82. The van der Waals surface area contributed by atoms with Gasteiger partial charge in [0, 0.05) is 12.3 Å². The van der Waals surface area contributed by atoms with Crippen LogP contribution in [0.4, 0.5) is 4.79 Å². The van der Waals surface area contributed by atoms with E-state index < -0.39 is 17.8 Å². The second-order valence-corrected chi connectivity index (χ2v) is 7.24. The maximum Gasteiger partial charge on any atom is 0.407 e. The van der Waals surface area contributed by atoms with Crippen LogP contribution in [0.2, 0.25) is 0 Å². The molecule has 0 saturated heterocycles. The highest BCUT2D eigenvalue weighted by molar-refractivity contribution is 5.68. The number of amides is 1. The van der Waals surface area contributed by atoms with Gasteiger partial charge in [-0.25, -0.2) is 4.79 Å². The summed E-state index contributed by atoms with van der Waals surface area (Å²) in [5, 5.41) is 12.8. The summed E-state index contributed by atoms with van der Waals surface area (Å²) < 4.78 is 6.90. The van der Waals surface area contributed by atoms with Crippen molar-refractivity contribution in [1.29, 1.82) is 0 Å². The molecule has 2 rings (SSSR count). The van der Waals surface area contributed by atoms with Crippen LogP contribution < -0.4 is 10.9 Å². The zero-order chi connectivity index (χ0) is 17.2. The lowest BCUT2D eigenvalue weighted by molar-refractivity contribution is 0.0394. The van der Waals surface area contributed by atoms with Gasteiger partial charge >= 0.3 is 6.09 Å². The average Bonchev–Trinajstić information content (AvgIpc) is 2.39. The van der Waals surface area contributed by atoms with Gasteiger partial charge in [0.15, 0.2) is 0 Å². The molecule has 1 aliphatic rings. The molecule has 0 bridgehead atoms. The topological polar surface area (TPSA) is 80.6 Å². The molecule has 1 heterocycles. The Labute approximate surface area is 136 Å². The fourth-order valence-electron chi connectivity index (χ4n) is 2.92. The molecule has 0 radical (unpaired) electrons. The van der Waals surface area contributed by atoms with Crippen molar-refractivity contribution in [1.82, 2.24) is 9.88 Å². The predicted octanol–water partition coefficient (Wildman–Crippen LogP) is 2.14. The van der Waals surface area contributed by atoms with Crippen molar-refractivity contribution in [3.8, 4) is 0 Å². The van der Waals surface area contributed by atoms with Crippen LogP contribution in [-0.4, -0.2) is 33.5 Å². The maximum absolute atomic E-state index is 12.2. The van der Waals surface area contributed by atoms with E-state index in [-0.39, 0.29) is 17.6 Å². The van der Waals surface area contributed by atoms with E-state index in [2.05, 4.69) is 5.32 Å². The Balaban J connectivity index is 2.19. The van der Waals surface area contributed by atoms with E-state index in [1.165, 1.54) is 0 Å². The number of hydrogen-bond donors (Lipinski definition) is 2. The van der Waals surface area contributed by atoms with E-state index in [0.717, 1.165) is 5.56 Å². The van der Waals surface area contributed by atoms with Crippen LogP contribution in [-0.2, 0) is 4.74 Å². The first-order chi connectivity index (χ1) is 10.7. The third-order valence-electron chi connectivity index (χ3n) is 3.95. The molecular weight excluding hydrogens is 296 g/mol. The van der Waals surface area contributed by atoms with Crippen molar-refractivity contribution in [3.05, 3.63) is 34.2 Å². The number of carbonyl (C=O) groups is 1. The number of carbonyl (C=O) groups excluding carboxylic acids is 1. The number of aryl methyl sites for hydroxylation is 1. The molecule has 0 spiro atoms. The van der Waals surface area contributed by atoms with Crippen molar-refractivity contribution in [2.75, 3.05) is 0 Å². The molecule has 1 saturated carbocycles. The van der Waals surface area contributed by atoms with Crippen molar-refractivity contribution < 1.29 is 14.6 Å². The zero-order valence-electron chi connectivity index (χ0n) is 14.2. The summed E-state index contributed by atoms with van der Waals surface area (Å²) in [7, 11) is 0. The number of hydrogen-bond acceptors (Lipinski definition) is 4. The van der Waals surface area contributed by atoms with Gasteiger partial charge in [-0.3, -0.25) is 4.79 Å². The van der Waals surface area contributed by atoms with E-state index in [1.54, 1.807) is 37.6 Å². The monoisotopic (exact) mass is 322 g/mol. The smallest absolute Gasteiger partial charge is 0.407 e. The summed E-state index contributed by atoms with van der Waals surface area (Å²) in [6.07, 6.45) is 2.39. The standard InChI is InChI=1S/C17H26N2O4/c1-11-7-8-19(15(21)9-11)14-10-12(20)5-6-13(14)18-16(22)23-17(2,3)4/h7-9,12-14,20H,5-6,10H2,1-4H3,(H,18,22). The number of pyridine rings is 1. The van der Waals surface area contributed by atoms with Gasteiger partial charge in [-0.2, -0.15) is 0 Å². The Bertz CT molecular complexity index is 618. The predicted molar refractivity (Wildman–Crippen MR) is 87.5 cm³/mol. The molecule has 1 fully saturated rings. The van der Waals surface area contributed by atoms with Crippen LogP contribution in [0.1, 0.15) is 51.6 Å². The lowest BCUT2D eigenvalue weighted by Gasteiger charge is -2.36. The summed E-state index contributed by atoms with van der Waals surface area (Å²) in [4.78, 5) is 24.3. The number of aliphatic hydroxyl groups excluding tert-OH is 1. The molecule has 0 aliphatic heterocycles. The van der Waals surface area contributed by atoms with Gasteiger partial charge in [0.05, 0.1) is 18.2 Å². The average molecular weight is 322 g/mol. The largest absolute Gasteiger partial charge is 0.444 e. The highest BCUT2D eigenvalue weighted by Crippen LogP contribution is 2.28. The number of aliphatic hydroxyl groups is 1. The number of nitrogens with one attached hydrogen (secondary N) is 1. The number of alkyl carbamates (subject to hydrolysis) is 1. The van der Waals surface area contributed by atoms with E-state index in [0.29, 0.717) is 19.3 Å². The molecular formula is C17H26N2O4. The minimum atomic E-state index is -0.575. The van der Waals surface area contributed by atoms with E-state index in [1.807, 2.05) is 13.0 Å². The first kappa shape index (κ1) is 17.5. The molecule has 128 valence electrons.